The monoisotopic (exact) mass is 250 g/mol. The van der Waals surface area contributed by atoms with Crippen molar-refractivity contribution in [3.63, 3.8) is 0 Å². The van der Waals surface area contributed by atoms with Crippen LogP contribution in [-0.4, -0.2) is 47.0 Å². The summed E-state index contributed by atoms with van der Waals surface area (Å²) in [5, 5.41) is 4.32. The molecule has 100 valence electrons. The van der Waals surface area contributed by atoms with Crippen molar-refractivity contribution in [2.75, 3.05) is 32.0 Å². The highest BCUT2D eigenvalue weighted by Gasteiger charge is 2.27. The zero-order chi connectivity index (χ0) is 12.4. The van der Waals surface area contributed by atoms with Crippen LogP contribution in [0.15, 0.2) is 12.3 Å². The number of anilines is 1. The number of hydrogen-bond donors (Lipinski definition) is 1. The average Bonchev–Trinajstić information content (AvgIpc) is 2.87. The lowest BCUT2D eigenvalue weighted by molar-refractivity contribution is 0.00516. The lowest BCUT2D eigenvalue weighted by Gasteiger charge is -2.39. The Hall–Kier alpha value is -1.07. The quantitative estimate of drug-likeness (QED) is 0.859. The first-order valence-electron chi connectivity index (χ1n) is 6.95. The fraction of sp³-hybridized carbons (Fsp3) is 0.769. The Kier molecular flexibility index (Phi) is 3.52. The molecule has 2 fully saturated rings. The van der Waals surface area contributed by atoms with E-state index in [1.54, 1.807) is 0 Å². The molecule has 5 nitrogen and oxygen atoms in total. The topological polar surface area (TPSA) is 56.3 Å². The molecule has 0 aromatic carbocycles. The van der Waals surface area contributed by atoms with Crippen molar-refractivity contribution in [3.8, 4) is 0 Å². The van der Waals surface area contributed by atoms with Gasteiger partial charge in [0, 0.05) is 31.9 Å². The summed E-state index contributed by atoms with van der Waals surface area (Å²) in [6.07, 6.45) is 6.83. The summed E-state index contributed by atoms with van der Waals surface area (Å²) in [5.74, 6) is 0.623. The number of nitrogen functional groups attached to an aromatic ring is 1. The summed E-state index contributed by atoms with van der Waals surface area (Å²) >= 11 is 0. The van der Waals surface area contributed by atoms with Crippen LogP contribution >= 0.6 is 0 Å². The first-order chi connectivity index (χ1) is 8.83. The number of likely N-dealkylation sites (tertiary alicyclic amines) is 1. The number of aromatic nitrogens is 2. The third-order valence-electron chi connectivity index (χ3n) is 4.15. The summed E-state index contributed by atoms with van der Waals surface area (Å²) in [6, 6.07) is 3.03. The number of rotatable bonds is 2. The van der Waals surface area contributed by atoms with Gasteiger partial charge >= 0.3 is 0 Å². The fourth-order valence-electron chi connectivity index (χ4n) is 3.08. The van der Waals surface area contributed by atoms with Crippen LogP contribution in [-0.2, 0) is 4.74 Å². The van der Waals surface area contributed by atoms with E-state index in [0.29, 0.717) is 17.9 Å². The lowest BCUT2D eigenvalue weighted by atomic mass is 10.0. The van der Waals surface area contributed by atoms with E-state index >= 15 is 0 Å². The van der Waals surface area contributed by atoms with E-state index in [0.717, 1.165) is 39.1 Å². The molecule has 5 heteroatoms. The molecule has 0 radical (unpaired) electrons. The van der Waals surface area contributed by atoms with Crippen molar-refractivity contribution in [1.29, 1.82) is 0 Å². The summed E-state index contributed by atoms with van der Waals surface area (Å²) in [5.41, 5.74) is 5.67. The molecule has 18 heavy (non-hydrogen) atoms. The van der Waals surface area contributed by atoms with Gasteiger partial charge in [-0.25, -0.2) is 0 Å². The van der Waals surface area contributed by atoms with Crippen LogP contribution in [0.2, 0.25) is 0 Å². The van der Waals surface area contributed by atoms with Crippen LogP contribution < -0.4 is 5.73 Å². The minimum absolute atomic E-state index is 0.517. The number of nitrogens with zero attached hydrogens (tertiary/aromatic N) is 3. The molecule has 2 N–H and O–H groups in total. The van der Waals surface area contributed by atoms with Crippen molar-refractivity contribution in [3.05, 3.63) is 12.3 Å². The van der Waals surface area contributed by atoms with Crippen LogP contribution in [0.4, 0.5) is 5.82 Å². The second-order valence-corrected chi connectivity index (χ2v) is 5.36. The van der Waals surface area contributed by atoms with Gasteiger partial charge in [-0.05, 0) is 31.7 Å². The molecule has 1 unspecified atom stereocenters. The molecule has 3 heterocycles. The van der Waals surface area contributed by atoms with Crippen molar-refractivity contribution < 1.29 is 4.74 Å². The molecule has 3 rings (SSSR count). The second-order valence-electron chi connectivity index (χ2n) is 5.36. The van der Waals surface area contributed by atoms with Gasteiger partial charge in [0.15, 0.2) is 0 Å². The standard InChI is InChI=1S/C13H22N4O/c14-13-5-8-17(15-13)11-3-6-16(7-4-11)12-2-1-9-18-10-12/h5,8,11-12H,1-4,6-7,9-10H2,(H2,14,15). The van der Waals surface area contributed by atoms with Crippen LogP contribution in [0, 0.1) is 0 Å². The van der Waals surface area contributed by atoms with E-state index in [1.165, 1.54) is 12.8 Å². The second kappa shape index (κ2) is 5.28. The average molecular weight is 250 g/mol. The van der Waals surface area contributed by atoms with E-state index in [1.807, 2.05) is 16.9 Å². The molecule has 0 saturated carbocycles. The van der Waals surface area contributed by atoms with Crippen LogP contribution in [0.5, 0.6) is 0 Å². The molecule has 1 aromatic heterocycles. The van der Waals surface area contributed by atoms with Crippen molar-refractivity contribution in [1.82, 2.24) is 14.7 Å². The maximum atomic E-state index is 5.67. The van der Waals surface area contributed by atoms with Crippen molar-refractivity contribution in [2.24, 2.45) is 0 Å². The summed E-state index contributed by atoms with van der Waals surface area (Å²) in [7, 11) is 0. The molecular formula is C13H22N4O. The first kappa shape index (κ1) is 12.0. The molecule has 1 atom stereocenters. The molecule has 0 aliphatic carbocycles. The minimum Gasteiger partial charge on any atom is -0.382 e. The van der Waals surface area contributed by atoms with Crippen LogP contribution in [0.3, 0.4) is 0 Å². The molecule has 0 amide bonds. The van der Waals surface area contributed by atoms with Gasteiger partial charge < -0.3 is 10.5 Å². The number of nitrogens with two attached hydrogens (primary N) is 1. The summed E-state index contributed by atoms with van der Waals surface area (Å²) < 4.78 is 7.61. The van der Waals surface area contributed by atoms with Crippen LogP contribution in [0.25, 0.3) is 0 Å². The highest BCUT2D eigenvalue weighted by atomic mass is 16.5. The Morgan fingerprint density at radius 3 is 2.67 bits per heavy atom. The van der Waals surface area contributed by atoms with E-state index in [4.69, 9.17) is 10.5 Å². The normalized spacial score (nSPS) is 27.4. The molecule has 2 aliphatic rings. The Labute approximate surface area is 108 Å². The Morgan fingerprint density at radius 2 is 2.06 bits per heavy atom. The predicted octanol–water partition coefficient (Wildman–Crippen LogP) is 1.28. The molecule has 2 aliphatic heterocycles. The Bertz CT molecular complexity index is 378. The molecular weight excluding hydrogens is 228 g/mol. The van der Waals surface area contributed by atoms with Crippen molar-refractivity contribution in [2.45, 2.75) is 37.8 Å². The summed E-state index contributed by atoms with van der Waals surface area (Å²) in [4.78, 5) is 2.59. The Morgan fingerprint density at radius 1 is 1.22 bits per heavy atom. The maximum absolute atomic E-state index is 5.67. The van der Waals surface area contributed by atoms with Crippen molar-refractivity contribution >= 4 is 5.82 Å². The summed E-state index contributed by atoms with van der Waals surface area (Å²) in [6.45, 7) is 4.16. The zero-order valence-electron chi connectivity index (χ0n) is 10.8. The largest absolute Gasteiger partial charge is 0.382 e. The van der Waals surface area contributed by atoms with Gasteiger partial charge in [0.25, 0.3) is 0 Å². The number of ether oxygens (including phenoxy) is 1. The van der Waals surface area contributed by atoms with Gasteiger partial charge in [0.05, 0.1) is 12.6 Å². The Balaban J connectivity index is 1.54. The SMILES string of the molecule is Nc1ccn(C2CCN(C3CCCOC3)CC2)n1. The van der Waals surface area contributed by atoms with Gasteiger partial charge in [-0.1, -0.05) is 0 Å². The van der Waals surface area contributed by atoms with Gasteiger partial charge in [0.2, 0.25) is 0 Å². The van der Waals surface area contributed by atoms with E-state index in [-0.39, 0.29) is 0 Å². The fourth-order valence-corrected chi connectivity index (χ4v) is 3.08. The lowest BCUT2D eigenvalue weighted by Crippen LogP contribution is -2.45. The van der Waals surface area contributed by atoms with E-state index in [9.17, 15) is 0 Å². The predicted molar refractivity (Wildman–Crippen MR) is 70.3 cm³/mol. The van der Waals surface area contributed by atoms with Gasteiger partial charge in [-0.2, -0.15) is 5.10 Å². The maximum Gasteiger partial charge on any atom is 0.145 e. The highest BCUT2D eigenvalue weighted by Crippen LogP contribution is 2.25. The first-order valence-corrected chi connectivity index (χ1v) is 6.95. The molecule has 0 spiro atoms. The molecule has 0 bridgehead atoms. The number of piperidine rings is 1. The number of hydrogen-bond acceptors (Lipinski definition) is 4. The third kappa shape index (κ3) is 2.52. The third-order valence-corrected chi connectivity index (χ3v) is 4.15. The van der Waals surface area contributed by atoms with Gasteiger partial charge in [0.1, 0.15) is 5.82 Å². The van der Waals surface area contributed by atoms with E-state index < -0.39 is 0 Å². The van der Waals surface area contributed by atoms with E-state index in [2.05, 4.69) is 10.00 Å². The highest BCUT2D eigenvalue weighted by molar-refractivity contribution is 5.24. The molecule has 1 aromatic rings. The smallest absolute Gasteiger partial charge is 0.145 e. The zero-order valence-corrected chi connectivity index (χ0v) is 10.8. The van der Waals surface area contributed by atoms with Gasteiger partial charge in [-0.3, -0.25) is 9.58 Å². The van der Waals surface area contributed by atoms with Crippen LogP contribution in [0.1, 0.15) is 31.7 Å². The minimum atomic E-state index is 0.517. The van der Waals surface area contributed by atoms with Gasteiger partial charge in [-0.15, -0.1) is 0 Å². The molecule has 2 saturated heterocycles.